The molecule has 2 rings (SSSR count). The molecule has 2 heterocycles. The Morgan fingerprint density at radius 3 is 3.19 bits per heavy atom. The Hall–Kier alpha value is -2.04. The molecule has 2 aromatic rings. The second kappa shape index (κ2) is 4.65. The van der Waals surface area contributed by atoms with E-state index < -0.39 is 0 Å². The average Bonchev–Trinajstić information content (AvgIpc) is 2.88. The Bertz CT molecular complexity index is 434. The first-order chi connectivity index (χ1) is 7.75. The Kier molecular flexibility index (Phi) is 3.05. The van der Waals surface area contributed by atoms with Crippen molar-refractivity contribution in [3.8, 4) is 0 Å². The van der Waals surface area contributed by atoms with Gasteiger partial charge in [0.2, 0.25) is 0 Å². The van der Waals surface area contributed by atoms with Gasteiger partial charge in [0.1, 0.15) is 6.26 Å². The van der Waals surface area contributed by atoms with Crippen molar-refractivity contribution in [1.82, 2.24) is 14.9 Å². The number of carbonyl (C=O) groups is 1. The largest absolute Gasteiger partial charge is 0.472 e. The molecule has 1 atom stereocenters. The van der Waals surface area contributed by atoms with Gasteiger partial charge in [-0.05, 0) is 13.0 Å². The van der Waals surface area contributed by atoms with Gasteiger partial charge in [-0.1, -0.05) is 0 Å². The summed E-state index contributed by atoms with van der Waals surface area (Å²) in [5.41, 5.74) is 0.539. The van der Waals surface area contributed by atoms with Crippen molar-refractivity contribution in [3.05, 3.63) is 42.9 Å². The molecule has 0 saturated carbocycles. The smallest absolute Gasteiger partial charge is 0.254 e. The number of hydrogen-bond acceptors (Lipinski definition) is 3. The van der Waals surface area contributed by atoms with Crippen LogP contribution in [0.25, 0.3) is 0 Å². The van der Waals surface area contributed by atoms with Crippen LogP contribution in [-0.4, -0.2) is 21.5 Å². The lowest BCUT2D eigenvalue weighted by Crippen LogP contribution is -2.35. The molecule has 5 heteroatoms. The molecule has 16 heavy (non-hydrogen) atoms. The van der Waals surface area contributed by atoms with Crippen LogP contribution in [0.3, 0.4) is 0 Å². The summed E-state index contributed by atoms with van der Waals surface area (Å²) in [5.74, 6) is -0.124. The summed E-state index contributed by atoms with van der Waals surface area (Å²) in [6, 6.07) is 1.68. The summed E-state index contributed by atoms with van der Waals surface area (Å²) in [7, 11) is 0. The van der Waals surface area contributed by atoms with Crippen LogP contribution in [0.5, 0.6) is 0 Å². The number of nitrogens with one attached hydrogen (secondary N) is 1. The molecular formula is C11H13N3O2. The lowest BCUT2D eigenvalue weighted by atomic mass is 10.2. The fraction of sp³-hybridized carbons (Fsp3) is 0.273. The molecule has 0 radical (unpaired) electrons. The molecule has 5 nitrogen and oxygen atoms in total. The number of rotatable bonds is 4. The number of nitrogens with zero attached hydrogens (tertiary/aromatic N) is 2. The second-order valence-corrected chi connectivity index (χ2v) is 3.65. The Morgan fingerprint density at radius 2 is 2.56 bits per heavy atom. The first-order valence-electron chi connectivity index (χ1n) is 5.04. The van der Waals surface area contributed by atoms with E-state index in [0.29, 0.717) is 12.1 Å². The predicted molar refractivity (Wildman–Crippen MR) is 57.9 cm³/mol. The number of carbonyl (C=O) groups excluding carboxylic acids is 1. The molecular weight excluding hydrogens is 206 g/mol. The van der Waals surface area contributed by atoms with E-state index in [2.05, 4.69) is 10.3 Å². The van der Waals surface area contributed by atoms with E-state index >= 15 is 0 Å². The third-order valence-electron chi connectivity index (χ3n) is 2.20. The van der Waals surface area contributed by atoms with Gasteiger partial charge in [0.05, 0.1) is 18.2 Å². The zero-order valence-corrected chi connectivity index (χ0v) is 8.96. The van der Waals surface area contributed by atoms with Crippen molar-refractivity contribution < 1.29 is 9.21 Å². The molecule has 0 aliphatic heterocycles. The SMILES string of the molecule is C[C@H](Cn1ccnc1)NC(=O)c1ccoc1. The molecule has 0 aliphatic carbocycles. The van der Waals surface area contributed by atoms with Crippen molar-refractivity contribution in [2.75, 3.05) is 0 Å². The molecule has 2 aromatic heterocycles. The van der Waals surface area contributed by atoms with Crippen LogP contribution in [0, 0.1) is 0 Å². The second-order valence-electron chi connectivity index (χ2n) is 3.65. The van der Waals surface area contributed by atoms with Crippen LogP contribution >= 0.6 is 0 Å². The lowest BCUT2D eigenvalue weighted by molar-refractivity contribution is 0.0936. The van der Waals surface area contributed by atoms with E-state index in [9.17, 15) is 4.79 Å². The van der Waals surface area contributed by atoms with Crippen LogP contribution in [0.15, 0.2) is 41.7 Å². The minimum Gasteiger partial charge on any atom is -0.472 e. The van der Waals surface area contributed by atoms with Gasteiger partial charge in [0, 0.05) is 25.0 Å². The van der Waals surface area contributed by atoms with Crippen LogP contribution in [0.4, 0.5) is 0 Å². The molecule has 1 amide bonds. The zero-order valence-electron chi connectivity index (χ0n) is 8.96. The third-order valence-corrected chi connectivity index (χ3v) is 2.20. The van der Waals surface area contributed by atoms with Crippen molar-refractivity contribution in [3.63, 3.8) is 0 Å². The number of hydrogen-bond donors (Lipinski definition) is 1. The average molecular weight is 219 g/mol. The van der Waals surface area contributed by atoms with Gasteiger partial charge in [-0.2, -0.15) is 0 Å². The summed E-state index contributed by atoms with van der Waals surface area (Å²) < 4.78 is 6.76. The van der Waals surface area contributed by atoms with Crippen LogP contribution < -0.4 is 5.32 Å². The number of furan rings is 1. The fourth-order valence-corrected chi connectivity index (χ4v) is 1.46. The highest BCUT2D eigenvalue weighted by molar-refractivity contribution is 5.93. The summed E-state index contributed by atoms with van der Waals surface area (Å²) >= 11 is 0. The molecule has 0 aromatic carbocycles. The highest BCUT2D eigenvalue weighted by Crippen LogP contribution is 2.00. The molecule has 0 unspecified atom stereocenters. The molecule has 0 spiro atoms. The first-order valence-corrected chi connectivity index (χ1v) is 5.04. The van der Waals surface area contributed by atoms with Crippen LogP contribution in [0.2, 0.25) is 0 Å². The number of imidazole rings is 1. The van der Waals surface area contributed by atoms with Gasteiger partial charge in [0.15, 0.2) is 0 Å². The minimum absolute atomic E-state index is 0.0385. The van der Waals surface area contributed by atoms with Gasteiger partial charge in [-0.3, -0.25) is 4.79 Å². The van der Waals surface area contributed by atoms with E-state index in [1.165, 1.54) is 12.5 Å². The Balaban J connectivity index is 1.88. The predicted octanol–water partition coefficient (Wildman–Crippen LogP) is 1.29. The van der Waals surface area contributed by atoms with E-state index in [1.54, 1.807) is 18.6 Å². The lowest BCUT2D eigenvalue weighted by Gasteiger charge is -2.13. The van der Waals surface area contributed by atoms with Crippen molar-refractivity contribution >= 4 is 5.91 Å². The fourth-order valence-electron chi connectivity index (χ4n) is 1.46. The Labute approximate surface area is 93.1 Å². The zero-order chi connectivity index (χ0) is 11.4. The maximum Gasteiger partial charge on any atom is 0.254 e. The van der Waals surface area contributed by atoms with Crippen LogP contribution in [-0.2, 0) is 6.54 Å². The standard InChI is InChI=1S/C11H13N3O2/c1-9(6-14-4-3-12-8-14)13-11(15)10-2-5-16-7-10/h2-5,7-9H,6H2,1H3,(H,13,15)/t9-/m1/s1. The summed E-state index contributed by atoms with van der Waals surface area (Å²) in [5, 5.41) is 2.87. The maximum absolute atomic E-state index is 11.6. The summed E-state index contributed by atoms with van der Waals surface area (Å²) in [6.45, 7) is 2.64. The van der Waals surface area contributed by atoms with Gasteiger partial charge in [-0.25, -0.2) is 4.98 Å². The van der Waals surface area contributed by atoms with Crippen molar-refractivity contribution in [2.24, 2.45) is 0 Å². The maximum atomic E-state index is 11.6. The van der Waals surface area contributed by atoms with Gasteiger partial charge < -0.3 is 14.3 Å². The van der Waals surface area contributed by atoms with E-state index in [1.807, 2.05) is 17.7 Å². The minimum atomic E-state index is -0.124. The molecule has 0 saturated heterocycles. The molecule has 0 fully saturated rings. The first kappa shape index (κ1) is 10.5. The van der Waals surface area contributed by atoms with Gasteiger partial charge >= 0.3 is 0 Å². The Morgan fingerprint density at radius 1 is 1.69 bits per heavy atom. The van der Waals surface area contributed by atoms with Crippen molar-refractivity contribution in [1.29, 1.82) is 0 Å². The van der Waals surface area contributed by atoms with Gasteiger partial charge in [0.25, 0.3) is 5.91 Å². The van der Waals surface area contributed by atoms with E-state index in [4.69, 9.17) is 4.42 Å². The number of amides is 1. The topological polar surface area (TPSA) is 60.1 Å². The molecule has 0 bridgehead atoms. The molecule has 0 aliphatic rings. The van der Waals surface area contributed by atoms with Crippen LogP contribution in [0.1, 0.15) is 17.3 Å². The quantitative estimate of drug-likeness (QED) is 0.843. The van der Waals surface area contributed by atoms with Crippen molar-refractivity contribution in [2.45, 2.75) is 19.5 Å². The molecule has 84 valence electrons. The normalized spacial score (nSPS) is 12.3. The molecule has 1 N–H and O–H groups in total. The summed E-state index contributed by atoms with van der Waals surface area (Å²) in [4.78, 5) is 15.6. The third kappa shape index (κ3) is 2.50. The highest BCUT2D eigenvalue weighted by atomic mass is 16.3. The van der Waals surface area contributed by atoms with Gasteiger partial charge in [-0.15, -0.1) is 0 Å². The monoisotopic (exact) mass is 219 g/mol. The highest BCUT2D eigenvalue weighted by Gasteiger charge is 2.10. The van der Waals surface area contributed by atoms with E-state index in [-0.39, 0.29) is 11.9 Å². The number of aromatic nitrogens is 2. The summed E-state index contributed by atoms with van der Waals surface area (Å²) in [6.07, 6.45) is 8.21. The van der Waals surface area contributed by atoms with E-state index in [0.717, 1.165) is 0 Å².